The summed E-state index contributed by atoms with van der Waals surface area (Å²) in [6, 6.07) is 7.34. The summed E-state index contributed by atoms with van der Waals surface area (Å²) >= 11 is 0. The summed E-state index contributed by atoms with van der Waals surface area (Å²) in [5.74, 6) is -0.0224. The van der Waals surface area contributed by atoms with Crippen LogP contribution in [0.2, 0.25) is 0 Å². The van der Waals surface area contributed by atoms with Gasteiger partial charge in [-0.3, -0.25) is 9.10 Å². The Morgan fingerprint density at radius 3 is 2.36 bits per heavy atom. The molecular weight excluding hydrogens is 300 g/mol. The van der Waals surface area contributed by atoms with Gasteiger partial charge in [-0.15, -0.1) is 0 Å². The third kappa shape index (κ3) is 6.47. The van der Waals surface area contributed by atoms with Crippen molar-refractivity contribution in [2.45, 2.75) is 39.5 Å². The summed E-state index contributed by atoms with van der Waals surface area (Å²) in [4.78, 5) is 11.7. The number of hydrogen-bond donors (Lipinski definition) is 1. The lowest BCUT2D eigenvalue weighted by Gasteiger charge is -2.22. The summed E-state index contributed by atoms with van der Waals surface area (Å²) in [5.41, 5.74) is 1.71. The molecule has 0 saturated heterocycles. The van der Waals surface area contributed by atoms with Crippen molar-refractivity contribution in [3.8, 4) is 0 Å². The van der Waals surface area contributed by atoms with Gasteiger partial charge in [0.15, 0.2) is 0 Å². The van der Waals surface area contributed by atoms with Gasteiger partial charge in [0, 0.05) is 19.5 Å². The Bertz CT molecular complexity index is 568. The summed E-state index contributed by atoms with van der Waals surface area (Å²) in [5, 5.41) is 2.84. The molecule has 0 fully saturated rings. The van der Waals surface area contributed by atoms with Gasteiger partial charge in [-0.2, -0.15) is 0 Å². The van der Waals surface area contributed by atoms with E-state index in [9.17, 15) is 13.2 Å². The maximum Gasteiger partial charge on any atom is 0.232 e. The summed E-state index contributed by atoms with van der Waals surface area (Å²) in [6.07, 6.45) is 4.02. The average molecular weight is 326 g/mol. The van der Waals surface area contributed by atoms with E-state index in [0.717, 1.165) is 18.4 Å². The molecule has 0 saturated carbocycles. The molecule has 124 valence electrons. The molecule has 0 bridgehead atoms. The average Bonchev–Trinajstić information content (AvgIpc) is 2.44. The molecule has 0 aliphatic heterocycles. The van der Waals surface area contributed by atoms with Gasteiger partial charge in [0.25, 0.3) is 0 Å². The van der Waals surface area contributed by atoms with E-state index in [1.165, 1.54) is 10.6 Å². The predicted molar refractivity (Wildman–Crippen MR) is 90.5 cm³/mol. The van der Waals surface area contributed by atoms with Gasteiger partial charge in [0.2, 0.25) is 15.9 Å². The first-order chi connectivity index (χ1) is 10.3. The first kappa shape index (κ1) is 18.5. The van der Waals surface area contributed by atoms with Crippen molar-refractivity contribution >= 4 is 21.6 Å². The second kappa shape index (κ2) is 8.78. The number of benzene rings is 1. The van der Waals surface area contributed by atoms with Crippen LogP contribution in [-0.2, 0) is 14.8 Å². The molecule has 1 N–H and O–H groups in total. The lowest BCUT2D eigenvalue weighted by atomic mass is 10.2. The molecule has 0 aliphatic carbocycles. The molecular formula is C16H26N2O3S. The molecule has 0 unspecified atom stereocenters. The Morgan fingerprint density at radius 2 is 1.82 bits per heavy atom. The van der Waals surface area contributed by atoms with Gasteiger partial charge in [0.1, 0.15) is 0 Å². The fourth-order valence-electron chi connectivity index (χ4n) is 2.07. The topological polar surface area (TPSA) is 66.5 Å². The van der Waals surface area contributed by atoms with Crippen LogP contribution < -0.4 is 9.62 Å². The van der Waals surface area contributed by atoms with Crippen LogP contribution in [0.1, 0.15) is 38.2 Å². The van der Waals surface area contributed by atoms with E-state index >= 15 is 0 Å². The molecule has 1 aromatic rings. The van der Waals surface area contributed by atoms with Gasteiger partial charge in [-0.25, -0.2) is 8.42 Å². The van der Waals surface area contributed by atoms with Crippen LogP contribution in [-0.4, -0.2) is 33.7 Å². The zero-order valence-corrected chi connectivity index (χ0v) is 14.4. The number of aryl methyl sites for hydroxylation is 1. The second-order valence-electron chi connectivity index (χ2n) is 5.48. The first-order valence-corrected chi connectivity index (χ1v) is 9.50. The SMILES string of the molecule is CCCCNC(=O)CCCN(c1ccc(C)cc1)S(C)(=O)=O. The van der Waals surface area contributed by atoms with E-state index < -0.39 is 10.0 Å². The van der Waals surface area contributed by atoms with Crippen LogP contribution in [0.15, 0.2) is 24.3 Å². The zero-order chi connectivity index (χ0) is 16.6. The lowest BCUT2D eigenvalue weighted by molar-refractivity contribution is -0.121. The van der Waals surface area contributed by atoms with Crippen LogP contribution in [0.5, 0.6) is 0 Å². The number of amides is 1. The highest BCUT2D eigenvalue weighted by Gasteiger charge is 2.17. The number of carbonyl (C=O) groups excluding carboxylic acids is 1. The highest BCUT2D eigenvalue weighted by atomic mass is 32.2. The van der Waals surface area contributed by atoms with E-state index in [1.807, 2.05) is 19.1 Å². The van der Waals surface area contributed by atoms with Crippen molar-refractivity contribution in [1.29, 1.82) is 0 Å². The van der Waals surface area contributed by atoms with Gasteiger partial charge in [0.05, 0.1) is 11.9 Å². The molecule has 0 heterocycles. The Hall–Kier alpha value is -1.56. The maximum atomic E-state index is 11.9. The third-order valence-electron chi connectivity index (χ3n) is 3.34. The summed E-state index contributed by atoms with van der Waals surface area (Å²) < 4.78 is 25.2. The molecule has 5 nitrogen and oxygen atoms in total. The highest BCUT2D eigenvalue weighted by molar-refractivity contribution is 7.92. The largest absolute Gasteiger partial charge is 0.356 e. The zero-order valence-electron chi connectivity index (χ0n) is 13.6. The van der Waals surface area contributed by atoms with Crippen molar-refractivity contribution < 1.29 is 13.2 Å². The smallest absolute Gasteiger partial charge is 0.232 e. The summed E-state index contributed by atoms with van der Waals surface area (Å²) in [6.45, 7) is 5.01. The minimum Gasteiger partial charge on any atom is -0.356 e. The van der Waals surface area contributed by atoms with Crippen LogP contribution in [0.3, 0.4) is 0 Å². The van der Waals surface area contributed by atoms with Crippen LogP contribution >= 0.6 is 0 Å². The minimum absolute atomic E-state index is 0.0224. The molecule has 0 aliphatic rings. The fourth-order valence-corrected chi connectivity index (χ4v) is 3.04. The third-order valence-corrected chi connectivity index (χ3v) is 4.53. The second-order valence-corrected chi connectivity index (χ2v) is 7.38. The van der Waals surface area contributed by atoms with Crippen molar-refractivity contribution in [1.82, 2.24) is 5.32 Å². The van der Waals surface area contributed by atoms with Crippen molar-refractivity contribution in [3.05, 3.63) is 29.8 Å². The number of unbranched alkanes of at least 4 members (excludes halogenated alkanes) is 1. The van der Waals surface area contributed by atoms with Gasteiger partial charge >= 0.3 is 0 Å². The normalized spacial score (nSPS) is 11.2. The van der Waals surface area contributed by atoms with Gasteiger partial charge in [-0.05, 0) is 31.9 Å². The summed E-state index contributed by atoms with van der Waals surface area (Å²) in [7, 11) is -3.35. The van der Waals surface area contributed by atoms with E-state index in [1.54, 1.807) is 12.1 Å². The van der Waals surface area contributed by atoms with Gasteiger partial charge < -0.3 is 5.32 Å². The van der Waals surface area contributed by atoms with Crippen molar-refractivity contribution in [2.75, 3.05) is 23.7 Å². The Balaban J connectivity index is 2.57. The number of carbonyl (C=O) groups is 1. The molecule has 1 aromatic carbocycles. The van der Waals surface area contributed by atoms with E-state index in [0.29, 0.717) is 31.6 Å². The molecule has 0 radical (unpaired) electrons. The molecule has 0 atom stereocenters. The maximum absolute atomic E-state index is 11.9. The molecule has 22 heavy (non-hydrogen) atoms. The molecule has 0 aromatic heterocycles. The fraction of sp³-hybridized carbons (Fsp3) is 0.562. The van der Waals surface area contributed by atoms with E-state index in [4.69, 9.17) is 0 Å². The minimum atomic E-state index is -3.35. The van der Waals surface area contributed by atoms with Crippen LogP contribution in [0.4, 0.5) is 5.69 Å². The predicted octanol–water partition coefficient (Wildman–Crippen LogP) is 2.46. The van der Waals surface area contributed by atoms with Crippen molar-refractivity contribution in [3.63, 3.8) is 0 Å². The van der Waals surface area contributed by atoms with Crippen LogP contribution in [0.25, 0.3) is 0 Å². The highest BCUT2D eigenvalue weighted by Crippen LogP contribution is 2.18. The van der Waals surface area contributed by atoms with Gasteiger partial charge in [-0.1, -0.05) is 31.0 Å². The molecule has 1 rings (SSSR count). The van der Waals surface area contributed by atoms with Crippen LogP contribution in [0, 0.1) is 6.92 Å². The van der Waals surface area contributed by atoms with Crippen molar-refractivity contribution in [2.24, 2.45) is 0 Å². The molecule has 6 heteroatoms. The number of rotatable bonds is 9. The quantitative estimate of drug-likeness (QED) is 0.709. The van der Waals surface area contributed by atoms with E-state index in [-0.39, 0.29) is 5.91 Å². The monoisotopic (exact) mass is 326 g/mol. The standard InChI is InChI=1S/C16H26N2O3S/c1-4-5-12-17-16(19)7-6-13-18(22(3,20)21)15-10-8-14(2)9-11-15/h8-11H,4-7,12-13H2,1-3H3,(H,17,19). The number of nitrogens with zero attached hydrogens (tertiary/aromatic N) is 1. The first-order valence-electron chi connectivity index (χ1n) is 7.65. The Labute approximate surface area is 133 Å². The van der Waals surface area contributed by atoms with E-state index in [2.05, 4.69) is 12.2 Å². The number of nitrogens with one attached hydrogen (secondary N) is 1. The Morgan fingerprint density at radius 1 is 1.18 bits per heavy atom. The number of sulfonamides is 1. The molecule has 0 spiro atoms. The number of anilines is 1. The lowest BCUT2D eigenvalue weighted by Crippen LogP contribution is -2.32. The molecule has 1 amide bonds. The Kier molecular flexibility index (Phi) is 7.38. The number of hydrogen-bond acceptors (Lipinski definition) is 3.